The molecule has 232 valence electrons. The summed E-state index contributed by atoms with van der Waals surface area (Å²) in [4.78, 5) is 36.4. The normalized spacial score (nSPS) is 13.5. The topological polar surface area (TPSA) is 112 Å². The molecule has 0 radical (unpaired) electrons. The van der Waals surface area contributed by atoms with E-state index in [0.717, 1.165) is 29.2 Å². The first-order valence-corrected chi connectivity index (χ1v) is 14.0. The lowest BCUT2D eigenvalue weighted by Gasteiger charge is -2.13. The largest absolute Gasteiger partial charge is 0.471 e. The number of hydrogen-bond acceptors (Lipinski definition) is 7. The maximum atomic E-state index is 13.2. The Labute approximate surface area is 253 Å². The molecule has 3 N–H and O–H groups in total. The number of amides is 2. The van der Waals surface area contributed by atoms with Crippen LogP contribution >= 0.6 is 0 Å². The molecule has 1 heterocycles. The van der Waals surface area contributed by atoms with Crippen LogP contribution in [0, 0.1) is 0 Å². The van der Waals surface area contributed by atoms with E-state index < -0.39 is 24.0 Å². The molecule has 3 aromatic carbocycles. The fraction of sp³-hybridized carbons (Fsp3) is 0.250. The van der Waals surface area contributed by atoms with Gasteiger partial charge in [-0.15, -0.1) is 0 Å². The van der Waals surface area contributed by atoms with Gasteiger partial charge in [0.15, 0.2) is 0 Å². The van der Waals surface area contributed by atoms with Crippen molar-refractivity contribution < 1.29 is 32.3 Å². The van der Waals surface area contributed by atoms with Crippen LogP contribution < -0.4 is 21.0 Å². The average molecular weight is 610 g/mol. The molecule has 0 aliphatic carbocycles. The number of nitrogens with zero attached hydrogens (tertiary/aromatic N) is 2. The van der Waals surface area contributed by atoms with Gasteiger partial charge in [-0.25, -0.2) is 0 Å². The van der Waals surface area contributed by atoms with Crippen LogP contribution in [0.4, 0.5) is 35.9 Å². The molecule has 0 aromatic heterocycles. The Balaban J connectivity index is 0.000000502. The highest BCUT2D eigenvalue weighted by atomic mass is 19.4. The first kappa shape index (κ1) is 33.4. The van der Waals surface area contributed by atoms with E-state index in [1.807, 2.05) is 49.4 Å². The number of carbonyl (C=O) groups is 3. The molecule has 3 aromatic rings. The molecular formula is C32H34F3N5O4. The number of rotatable bonds is 10. The Kier molecular flexibility index (Phi) is 12.1. The molecule has 1 aliphatic heterocycles. The fourth-order valence-corrected chi connectivity index (χ4v) is 4.02. The van der Waals surface area contributed by atoms with Crippen LogP contribution in [-0.4, -0.2) is 42.8 Å². The first-order chi connectivity index (χ1) is 21.1. The van der Waals surface area contributed by atoms with Gasteiger partial charge in [-0.1, -0.05) is 43.3 Å². The number of aryl methyl sites for hydroxylation is 1. The number of hydrogen-bond donors (Lipinski definition) is 3. The number of halogens is 3. The lowest BCUT2D eigenvalue weighted by molar-refractivity contribution is -0.167. The number of carbonyl (C=O) groups excluding carboxylic acids is 3. The minimum atomic E-state index is -5.03. The third kappa shape index (κ3) is 9.45. The van der Waals surface area contributed by atoms with Gasteiger partial charge in [0.25, 0.3) is 5.91 Å². The van der Waals surface area contributed by atoms with E-state index in [-0.39, 0.29) is 35.7 Å². The molecule has 0 fully saturated rings. The van der Waals surface area contributed by atoms with E-state index in [2.05, 4.69) is 34.8 Å². The van der Waals surface area contributed by atoms with Gasteiger partial charge in [0.05, 0.1) is 30.0 Å². The Hall–Kier alpha value is -5.13. The summed E-state index contributed by atoms with van der Waals surface area (Å²) in [5.41, 5.74) is 3.44. The third-order valence-corrected chi connectivity index (χ3v) is 6.12. The number of alkyl halides is 3. The van der Waals surface area contributed by atoms with Crippen molar-refractivity contribution in [3.8, 4) is 0 Å². The summed E-state index contributed by atoms with van der Waals surface area (Å²) in [7, 11) is 0. The van der Waals surface area contributed by atoms with Gasteiger partial charge in [-0.2, -0.15) is 23.3 Å². The number of anilines is 4. The molecule has 2 amide bonds. The highest BCUT2D eigenvalue weighted by Crippen LogP contribution is 2.27. The summed E-state index contributed by atoms with van der Waals surface area (Å²) < 4.78 is 42.4. The second-order valence-corrected chi connectivity index (χ2v) is 9.25. The molecule has 0 saturated carbocycles. The van der Waals surface area contributed by atoms with Gasteiger partial charge >= 0.3 is 18.1 Å². The maximum absolute atomic E-state index is 13.2. The fourth-order valence-electron chi connectivity index (χ4n) is 4.02. The lowest BCUT2D eigenvalue weighted by atomic mass is 10.1. The number of ether oxygens (including phenoxy) is 1. The molecule has 12 heteroatoms. The van der Waals surface area contributed by atoms with Gasteiger partial charge in [0.2, 0.25) is 0 Å². The molecule has 0 spiro atoms. The number of para-hydroxylation sites is 2. The maximum Gasteiger partial charge on any atom is 0.471 e. The van der Waals surface area contributed by atoms with Crippen LogP contribution in [0.1, 0.15) is 32.8 Å². The van der Waals surface area contributed by atoms with Crippen LogP contribution in [-0.2, 0) is 25.5 Å². The van der Waals surface area contributed by atoms with Crippen LogP contribution in [0.15, 0.2) is 95.7 Å². The van der Waals surface area contributed by atoms with Gasteiger partial charge < -0.3 is 20.7 Å². The summed E-state index contributed by atoms with van der Waals surface area (Å²) in [6, 6.07) is 22.8. The number of nitrogens with one attached hydrogen (secondary N) is 3. The minimum Gasteiger partial charge on any atom is -0.466 e. The Morgan fingerprint density at radius 2 is 1.57 bits per heavy atom. The summed E-state index contributed by atoms with van der Waals surface area (Å²) in [5, 5.41) is 13.3. The number of benzene rings is 3. The Morgan fingerprint density at radius 3 is 2.18 bits per heavy atom. The van der Waals surface area contributed by atoms with E-state index in [0.29, 0.717) is 0 Å². The summed E-state index contributed by atoms with van der Waals surface area (Å²) in [5.74, 6) is -3.22. The summed E-state index contributed by atoms with van der Waals surface area (Å²) >= 11 is 0. The standard InChI is InChI=1S/C24H23F3N4O4.C8H11N/c1-3-15-7-5-6-8-19(15)28-14-18-20(13-21(32)35-4-2)30-31(22(18)33)17-11-9-16(10-12-17)29-23(34)24(25,26)27;1-2-9-8-6-4-3-5-7-8/h5-12,14,28H,3-4,13H2,1-2H3,(H,29,34);3-7,9H,2H2,1H3/b18-14+;. The van der Waals surface area contributed by atoms with Crippen molar-refractivity contribution in [2.45, 2.75) is 39.8 Å². The van der Waals surface area contributed by atoms with Crippen LogP contribution in [0.3, 0.4) is 0 Å². The zero-order valence-electron chi connectivity index (χ0n) is 24.6. The van der Waals surface area contributed by atoms with Crippen LogP contribution in [0.5, 0.6) is 0 Å². The van der Waals surface area contributed by atoms with Crippen molar-refractivity contribution in [1.82, 2.24) is 0 Å². The minimum absolute atomic E-state index is 0.105. The second-order valence-electron chi connectivity index (χ2n) is 9.25. The second kappa shape index (κ2) is 15.9. The average Bonchev–Trinajstić information content (AvgIpc) is 3.31. The van der Waals surface area contributed by atoms with Crippen molar-refractivity contribution in [3.05, 3.63) is 96.2 Å². The molecule has 0 bridgehead atoms. The Morgan fingerprint density at radius 1 is 0.909 bits per heavy atom. The quantitative estimate of drug-likeness (QED) is 0.178. The van der Waals surface area contributed by atoms with E-state index in [1.165, 1.54) is 36.2 Å². The summed E-state index contributed by atoms with van der Waals surface area (Å²) in [6.07, 6.45) is -3.06. The van der Waals surface area contributed by atoms with Crippen molar-refractivity contribution in [2.75, 3.05) is 34.1 Å². The smallest absolute Gasteiger partial charge is 0.466 e. The zero-order valence-corrected chi connectivity index (χ0v) is 24.6. The predicted molar refractivity (Wildman–Crippen MR) is 165 cm³/mol. The van der Waals surface area contributed by atoms with E-state index in [4.69, 9.17) is 4.74 Å². The monoisotopic (exact) mass is 609 g/mol. The number of esters is 1. The number of hydrazone groups is 1. The van der Waals surface area contributed by atoms with Crippen molar-refractivity contribution in [2.24, 2.45) is 5.10 Å². The summed E-state index contributed by atoms with van der Waals surface area (Å²) in [6.45, 7) is 6.89. The van der Waals surface area contributed by atoms with Crippen LogP contribution in [0.25, 0.3) is 0 Å². The SMILES string of the molecule is CCNc1ccccc1.CCOC(=O)CC1=NN(c2ccc(NC(=O)C(F)(F)F)cc2)C(=O)/C1=C/Nc1ccccc1CC. The van der Waals surface area contributed by atoms with Gasteiger partial charge in [-0.05, 0) is 68.3 Å². The lowest BCUT2D eigenvalue weighted by Crippen LogP contribution is -2.29. The third-order valence-electron chi connectivity index (χ3n) is 6.12. The van der Waals surface area contributed by atoms with E-state index in [1.54, 1.807) is 12.2 Å². The van der Waals surface area contributed by atoms with Gasteiger partial charge in [-0.3, -0.25) is 14.4 Å². The van der Waals surface area contributed by atoms with Crippen molar-refractivity contribution in [1.29, 1.82) is 0 Å². The zero-order chi connectivity index (χ0) is 32.1. The molecule has 1 aliphatic rings. The molecule has 0 unspecified atom stereocenters. The highest BCUT2D eigenvalue weighted by molar-refractivity contribution is 6.32. The first-order valence-electron chi connectivity index (χ1n) is 14.0. The van der Waals surface area contributed by atoms with Crippen LogP contribution in [0.2, 0.25) is 0 Å². The highest BCUT2D eigenvalue weighted by Gasteiger charge is 2.38. The predicted octanol–water partition coefficient (Wildman–Crippen LogP) is 6.52. The Bertz CT molecular complexity index is 1490. The molecule has 4 rings (SSSR count). The van der Waals surface area contributed by atoms with Crippen molar-refractivity contribution >= 4 is 46.2 Å². The van der Waals surface area contributed by atoms with Gasteiger partial charge in [0, 0.05) is 29.8 Å². The van der Waals surface area contributed by atoms with E-state index >= 15 is 0 Å². The van der Waals surface area contributed by atoms with Crippen molar-refractivity contribution in [3.63, 3.8) is 0 Å². The van der Waals surface area contributed by atoms with E-state index in [9.17, 15) is 27.6 Å². The molecule has 0 saturated heterocycles. The van der Waals surface area contributed by atoms with Gasteiger partial charge in [0.1, 0.15) is 0 Å². The molecule has 44 heavy (non-hydrogen) atoms. The molecule has 9 nitrogen and oxygen atoms in total. The molecular weight excluding hydrogens is 575 g/mol. The molecule has 0 atom stereocenters.